The summed E-state index contributed by atoms with van der Waals surface area (Å²) in [4.78, 5) is 15.4. The number of aromatic amines is 1. The average molecular weight is 408 g/mol. The molecule has 2 aromatic heterocycles. The number of nitrogens with zero attached hydrogens (tertiary/aromatic N) is 4. The second-order valence-corrected chi connectivity index (χ2v) is 8.70. The molecule has 0 saturated carbocycles. The Hall–Kier alpha value is -2.44. The number of H-pyrrole nitrogens is 1. The Morgan fingerprint density at radius 3 is 2.47 bits per heavy atom. The van der Waals surface area contributed by atoms with Crippen molar-refractivity contribution < 1.29 is 4.39 Å². The lowest BCUT2D eigenvalue weighted by Gasteiger charge is -2.34. The van der Waals surface area contributed by atoms with E-state index in [1.807, 2.05) is 12.3 Å². The van der Waals surface area contributed by atoms with Crippen molar-refractivity contribution >= 4 is 16.6 Å². The van der Waals surface area contributed by atoms with Gasteiger partial charge in [0.1, 0.15) is 6.17 Å². The van der Waals surface area contributed by atoms with Gasteiger partial charge in [-0.2, -0.15) is 0 Å². The van der Waals surface area contributed by atoms with Gasteiger partial charge in [-0.3, -0.25) is 9.88 Å². The fourth-order valence-electron chi connectivity index (χ4n) is 4.62. The normalized spacial score (nSPS) is 19.6. The Kier molecular flexibility index (Phi) is 5.44. The fourth-order valence-corrected chi connectivity index (χ4v) is 4.62. The summed E-state index contributed by atoms with van der Waals surface area (Å²) in [5.74, 6) is 0. The van der Waals surface area contributed by atoms with Crippen molar-refractivity contribution in [3.63, 3.8) is 0 Å². The lowest BCUT2D eigenvalue weighted by Crippen LogP contribution is -2.44. The number of benzene rings is 1. The van der Waals surface area contributed by atoms with Crippen molar-refractivity contribution in [2.45, 2.75) is 25.6 Å². The van der Waals surface area contributed by atoms with Gasteiger partial charge in [-0.15, -0.1) is 0 Å². The molecule has 30 heavy (non-hydrogen) atoms. The van der Waals surface area contributed by atoms with Crippen LogP contribution in [0.15, 0.2) is 42.6 Å². The number of anilines is 1. The van der Waals surface area contributed by atoms with E-state index in [0.717, 1.165) is 68.0 Å². The standard InChI is InChI=1S/C24H30FN5/c1-28-12-14-30(15-13-28)21-4-2-18(3-5-21)24-22-16-20(27-23(22)6-9-26-24)17-29-10-7-19(25)8-11-29/h2-6,9,16,19,27H,7-8,10-15,17H2,1H3. The van der Waals surface area contributed by atoms with Crippen LogP contribution in [0.2, 0.25) is 0 Å². The molecular weight excluding hydrogens is 377 g/mol. The third-order valence-corrected chi connectivity index (χ3v) is 6.52. The van der Waals surface area contributed by atoms with E-state index in [1.165, 1.54) is 11.4 Å². The zero-order valence-electron chi connectivity index (χ0n) is 17.6. The minimum absolute atomic E-state index is 0.631. The molecule has 2 aliphatic rings. The first-order valence-electron chi connectivity index (χ1n) is 11.0. The second-order valence-electron chi connectivity index (χ2n) is 8.70. The van der Waals surface area contributed by atoms with Crippen LogP contribution in [0.1, 0.15) is 18.5 Å². The first kappa shape index (κ1) is 19.5. The van der Waals surface area contributed by atoms with Crippen LogP contribution in [0.5, 0.6) is 0 Å². The third-order valence-electron chi connectivity index (χ3n) is 6.52. The number of likely N-dealkylation sites (tertiary alicyclic amines) is 1. The quantitative estimate of drug-likeness (QED) is 0.712. The minimum atomic E-state index is -0.631. The van der Waals surface area contributed by atoms with E-state index in [2.05, 4.69) is 57.1 Å². The highest BCUT2D eigenvalue weighted by atomic mass is 19.1. The molecule has 5 nitrogen and oxygen atoms in total. The predicted octanol–water partition coefficient (Wildman–Crippen LogP) is 3.92. The number of nitrogens with one attached hydrogen (secondary N) is 1. The first-order chi connectivity index (χ1) is 14.7. The molecule has 2 fully saturated rings. The summed E-state index contributed by atoms with van der Waals surface area (Å²) in [6.45, 7) is 6.86. The lowest BCUT2D eigenvalue weighted by atomic mass is 10.1. The van der Waals surface area contributed by atoms with Gasteiger partial charge in [-0.05, 0) is 44.2 Å². The van der Waals surface area contributed by atoms with Crippen LogP contribution < -0.4 is 4.90 Å². The average Bonchev–Trinajstić information content (AvgIpc) is 3.19. The number of rotatable bonds is 4. The summed E-state index contributed by atoms with van der Waals surface area (Å²) in [5, 5.41) is 1.15. The minimum Gasteiger partial charge on any atom is -0.369 e. The molecule has 4 heterocycles. The molecule has 3 aromatic rings. The van der Waals surface area contributed by atoms with E-state index in [-0.39, 0.29) is 0 Å². The van der Waals surface area contributed by atoms with Gasteiger partial charge in [0, 0.05) is 79.9 Å². The Bertz CT molecular complexity index is 983. The molecule has 0 bridgehead atoms. The number of pyridine rings is 1. The summed E-state index contributed by atoms with van der Waals surface area (Å²) in [6, 6.07) is 13.1. The van der Waals surface area contributed by atoms with E-state index in [4.69, 9.17) is 4.98 Å². The smallest absolute Gasteiger partial charge is 0.103 e. The van der Waals surface area contributed by atoms with Gasteiger partial charge in [0.2, 0.25) is 0 Å². The van der Waals surface area contributed by atoms with Crippen LogP contribution in [0.4, 0.5) is 10.1 Å². The van der Waals surface area contributed by atoms with Crippen molar-refractivity contribution in [1.82, 2.24) is 19.8 Å². The fraction of sp³-hybridized carbons (Fsp3) is 0.458. The molecule has 0 amide bonds. The SMILES string of the molecule is CN1CCN(c2ccc(-c3nccc4[nH]c(CN5CCC(F)CC5)cc34)cc2)CC1. The van der Waals surface area contributed by atoms with Crippen molar-refractivity contribution in [1.29, 1.82) is 0 Å². The van der Waals surface area contributed by atoms with Gasteiger partial charge in [-0.25, -0.2) is 4.39 Å². The van der Waals surface area contributed by atoms with E-state index < -0.39 is 6.17 Å². The van der Waals surface area contributed by atoms with Crippen molar-refractivity contribution in [2.24, 2.45) is 0 Å². The zero-order chi connectivity index (χ0) is 20.5. The highest BCUT2D eigenvalue weighted by molar-refractivity contribution is 5.93. The Morgan fingerprint density at radius 1 is 1.00 bits per heavy atom. The maximum atomic E-state index is 13.4. The van der Waals surface area contributed by atoms with Crippen LogP contribution in [0.25, 0.3) is 22.2 Å². The molecule has 0 spiro atoms. The van der Waals surface area contributed by atoms with Gasteiger partial charge >= 0.3 is 0 Å². The second kappa shape index (κ2) is 8.36. The Morgan fingerprint density at radius 2 is 1.73 bits per heavy atom. The molecule has 1 N–H and O–H groups in total. The molecule has 1 aromatic carbocycles. The van der Waals surface area contributed by atoms with Gasteiger partial charge < -0.3 is 14.8 Å². The van der Waals surface area contributed by atoms with Crippen molar-refractivity contribution in [3.8, 4) is 11.3 Å². The number of hydrogen-bond donors (Lipinski definition) is 1. The number of likely N-dealkylation sites (N-methyl/N-ethyl adjacent to an activating group) is 1. The monoisotopic (exact) mass is 407 g/mol. The molecule has 6 heteroatoms. The van der Waals surface area contributed by atoms with Crippen LogP contribution in [-0.4, -0.2) is 72.3 Å². The summed E-state index contributed by atoms with van der Waals surface area (Å²) >= 11 is 0. The van der Waals surface area contributed by atoms with E-state index in [9.17, 15) is 4.39 Å². The maximum absolute atomic E-state index is 13.4. The molecule has 158 valence electrons. The number of fused-ring (bicyclic) bond motifs is 1. The van der Waals surface area contributed by atoms with Crippen LogP contribution in [0.3, 0.4) is 0 Å². The maximum Gasteiger partial charge on any atom is 0.103 e. The molecule has 2 saturated heterocycles. The van der Waals surface area contributed by atoms with Gasteiger partial charge in [0.05, 0.1) is 5.69 Å². The van der Waals surface area contributed by atoms with Crippen LogP contribution >= 0.6 is 0 Å². The molecule has 0 atom stereocenters. The molecule has 5 rings (SSSR count). The Labute approximate surface area is 177 Å². The lowest BCUT2D eigenvalue weighted by molar-refractivity contribution is 0.144. The van der Waals surface area contributed by atoms with Gasteiger partial charge in [0.25, 0.3) is 0 Å². The van der Waals surface area contributed by atoms with Crippen molar-refractivity contribution in [3.05, 3.63) is 48.3 Å². The molecule has 0 aliphatic carbocycles. The number of alkyl halides is 1. The predicted molar refractivity (Wildman–Crippen MR) is 121 cm³/mol. The molecule has 0 unspecified atom stereocenters. The molecule has 0 radical (unpaired) electrons. The summed E-state index contributed by atoms with van der Waals surface area (Å²) < 4.78 is 13.4. The molecule has 2 aliphatic heterocycles. The van der Waals surface area contributed by atoms with Crippen molar-refractivity contribution in [2.75, 3.05) is 51.2 Å². The third kappa shape index (κ3) is 4.07. The van der Waals surface area contributed by atoms with E-state index in [0.29, 0.717) is 12.8 Å². The highest BCUT2D eigenvalue weighted by Crippen LogP contribution is 2.29. The highest BCUT2D eigenvalue weighted by Gasteiger charge is 2.19. The number of hydrogen-bond acceptors (Lipinski definition) is 4. The van der Waals surface area contributed by atoms with Gasteiger partial charge in [0.15, 0.2) is 0 Å². The van der Waals surface area contributed by atoms with Crippen LogP contribution in [0, 0.1) is 0 Å². The summed E-state index contributed by atoms with van der Waals surface area (Å²) in [6.07, 6.45) is 2.54. The first-order valence-corrected chi connectivity index (χ1v) is 11.0. The summed E-state index contributed by atoms with van der Waals surface area (Å²) in [5.41, 5.74) is 5.72. The topological polar surface area (TPSA) is 38.4 Å². The number of halogens is 1. The molecular formula is C24H30FN5. The zero-order valence-corrected chi connectivity index (χ0v) is 17.6. The number of piperidine rings is 1. The summed E-state index contributed by atoms with van der Waals surface area (Å²) in [7, 11) is 2.18. The van der Waals surface area contributed by atoms with Crippen LogP contribution in [-0.2, 0) is 6.54 Å². The number of aromatic nitrogens is 2. The van der Waals surface area contributed by atoms with E-state index in [1.54, 1.807) is 0 Å². The number of piperazine rings is 1. The Balaban J connectivity index is 1.36. The largest absolute Gasteiger partial charge is 0.369 e. The van der Waals surface area contributed by atoms with Gasteiger partial charge in [-0.1, -0.05) is 12.1 Å². The van der Waals surface area contributed by atoms with E-state index >= 15 is 0 Å².